The van der Waals surface area contributed by atoms with Crippen LogP contribution in [0.4, 0.5) is 11.4 Å². The van der Waals surface area contributed by atoms with Crippen LogP contribution < -0.4 is 16.0 Å². The van der Waals surface area contributed by atoms with Crippen LogP contribution in [0.25, 0.3) is 0 Å². The quantitative estimate of drug-likeness (QED) is 0.724. The van der Waals surface area contributed by atoms with Crippen molar-refractivity contribution in [3.8, 4) is 0 Å². The van der Waals surface area contributed by atoms with Crippen molar-refractivity contribution in [3.63, 3.8) is 0 Å². The number of amides is 1. The molecule has 2 aromatic carbocycles. The van der Waals surface area contributed by atoms with Gasteiger partial charge in [0, 0.05) is 11.4 Å². The fourth-order valence-electron chi connectivity index (χ4n) is 2.30. The molecule has 0 saturated heterocycles. The summed E-state index contributed by atoms with van der Waals surface area (Å²) in [4.78, 5) is 12.1. The number of para-hydroxylation sites is 1. The van der Waals surface area contributed by atoms with Gasteiger partial charge in [0.05, 0.1) is 6.54 Å². The molecule has 2 aromatic rings. The van der Waals surface area contributed by atoms with Crippen LogP contribution in [0.15, 0.2) is 42.5 Å². The van der Waals surface area contributed by atoms with Gasteiger partial charge in [-0.25, -0.2) is 0 Å². The van der Waals surface area contributed by atoms with E-state index in [0.29, 0.717) is 5.11 Å². The zero-order chi connectivity index (χ0) is 17.5. The van der Waals surface area contributed by atoms with Gasteiger partial charge < -0.3 is 16.0 Å². The minimum absolute atomic E-state index is 0.120. The summed E-state index contributed by atoms with van der Waals surface area (Å²) in [6.07, 6.45) is 0.872. The third-order valence-electron chi connectivity index (χ3n) is 3.85. The van der Waals surface area contributed by atoms with E-state index in [0.717, 1.165) is 23.4 Å². The van der Waals surface area contributed by atoms with E-state index in [1.807, 2.05) is 42.5 Å². The highest BCUT2D eigenvalue weighted by Gasteiger charge is 2.06. The summed E-state index contributed by atoms with van der Waals surface area (Å²) >= 11 is 5.24. The van der Waals surface area contributed by atoms with Crippen molar-refractivity contribution in [2.45, 2.75) is 27.2 Å². The average Bonchev–Trinajstić information content (AvgIpc) is 2.57. The van der Waals surface area contributed by atoms with Crippen molar-refractivity contribution in [2.75, 3.05) is 17.2 Å². The number of carbonyl (C=O) groups is 1. The smallest absolute Gasteiger partial charge is 0.243 e. The first-order valence-electron chi connectivity index (χ1n) is 7.99. The van der Waals surface area contributed by atoms with E-state index in [2.05, 4.69) is 36.7 Å². The highest BCUT2D eigenvalue weighted by Crippen LogP contribution is 2.15. The first kappa shape index (κ1) is 17.9. The van der Waals surface area contributed by atoms with Crippen LogP contribution in [0, 0.1) is 13.8 Å². The Morgan fingerprint density at radius 3 is 2.50 bits per heavy atom. The molecule has 24 heavy (non-hydrogen) atoms. The monoisotopic (exact) mass is 341 g/mol. The second-order valence-corrected chi connectivity index (χ2v) is 6.07. The molecular weight excluding hydrogens is 318 g/mol. The zero-order valence-electron chi connectivity index (χ0n) is 14.3. The van der Waals surface area contributed by atoms with Gasteiger partial charge in [0.15, 0.2) is 5.11 Å². The average molecular weight is 341 g/mol. The molecule has 126 valence electrons. The van der Waals surface area contributed by atoms with Crippen molar-refractivity contribution in [1.29, 1.82) is 0 Å². The van der Waals surface area contributed by atoms with E-state index in [-0.39, 0.29) is 12.5 Å². The van der Waals surface area contributed by atoms with Gasteiger partial charge in [-0.1, -0.05) is 31.2 Å². The van der Waals surface area contributed by atoms with Gasteiger partial charge in [0.1, 0.15) is 0 Å². The van der Waals surface area contributed by atoms with Crippen LogP contribution in [0.2, 0.25) is 0 Å². The lowest BCUT2D eigenvalue weighted by molar-refractivity contribution is -0.115. The molecule has 3 N–H and O–H groups in total. The standard InChI is InChI=1S/C19H23N3OS/c1-4-15-7-5-6-8-17(15)22-18(23)12-20-19(24)21-16-10-9-13(2)14(3)11-16/h5-11H,4,12H2,1-3H3,(H,22,23)(H2,20,21,24). The predicted molar refractivity (Wildman–Crippen MR) is 105 cm³/mol. The Morgan fingerprint density at radius 1 is 1.04 bits per heavy atom. The summed E-state index contributed by atoms with van der Waals surface area (Å²) in [5.41, 5.74) is 5.29. The van der Waals surface area contributed by atoms with E-state index in [1.54, 1.807) is 0 Å². The summed E-state index contributed by atoms with van der Waals surface area (Å²) < 4.78 is 0. The molecule has 0 aliphatic heterocycles. The fourth-order valence-corrected chi connectivity index (χ4v) is 2.49. The molecule has 1 amide bonds. The van der Waals surface area contributed by atoms with Crippen molar-refractivity contribution >= 4 is 34.6 Å². The van der Waals surface area contributed by atoms with E-state index < -0.39 is 0 Å². The number of thiocarbonyl (C=S) groups is 1. The molecule has 4 nitrogen and oxygen atoms in total. The van der Waals surface area contributed by atoms with Crippen LogP contribution in [0.5, 0.6) is 0 Å². The van der Waals surface area contributed by atoms with E-state index in [1.165, 1.54) is 11.1 Å². The molecule has 0 unspecified atom stereocenters. The molecule has 0 aliphatic rings. The van der Waals surface area contributed by atoms with Gasteiger partial charge in [0.2, 0.25) is 5.91 Å². The highest BCUT2D eigenvalue weighted by molar-refractivity contribution is 7.80. The van der Waals surface area contributed by atoms with Gasteiger partial charge in [0.25, 0.3) is 0 Å². The van der Waals surface area contributed by atoms with Gasteiger partial charge in [-0.15, -0.1) is 0 Å². The number of rotatable bonds is 5. The fraction of sp³-hybridized carbons (Fsp3) is 0.263. The number of anilines is 2. The first-order valence-corrected chi connectivity index (χ1v) is 8.40. The second kappa shape index (κ2) is 8.45. The minimum atomic E-state index is -0.125. The lowest BCUT2D eigenvalue weighted by atomic mass is 10.1. The van der Waals surface area contributed by atoms with Crippen molar-refractivity contribution in [2.24, 2.45) is 0 Å². The van der Waals surface area contributed by atoms with Crippen molar-refractivity contribution in [1.82, 2.24) is 5.32 Å². The van der Waals surface area contributed by atoms with Crippen LogP contribution in [-0.2, 0) is 11.2 Å². The molecule has 0 fully saturated rings. The summed E-state index contributed by atoms with van der Waals surface area (Å²) in [6.45, 7) is 6.30. The van der Waals surface area contributed by atoms with Crippen molar-refractivity contribution < 1.29 is 4.79 Å². The Labute approximate surface area is 148 Å². The molecule has 0 aromatic heterocycles. The van der Waals surface area contributed by atoms with Crippen molar-refractivity contribution in [3.05, 3.63) is 59.2 Å². The summed E-state index contributed by atoms with van der Waals surface area (Å²) in [5, 5.41) is 9.36. The molecule has 0 atom stereocenters. The van der Waals surface area contributed by atoms with E-state index >= 15 is 0 Å². The minimum Gasteiger partial charge on any atom is -0.353 e. The van der Waals surface area contributed by atoms with E-state index in [4.69, 9.17) is 12.2 Å². The number of nitrogens with one attached hydrogen (secondary N) is 3. The molecule has 2 rings (SSSR count). The maximum absolute atomic E-state index is 12.1. The summed E-state index contributed by atoms with van der Waals surface area (Å²) in [7, 11) is 0. The Kier molecular flexibility index (Phi) is 6.32. The first-order chi connectivity index (χ1) is 11.5. The summed E-state index contributed by atoms with van der Waals surface area (Å²) in [6, 6.07) is 13.8. The molecule has 0 spiro atoms. The SMILES string of the molecule is CCc1ccccc1NC(=O)CNC(=S)Nc1ccc(C)c(C)c1. The molecule has 0 aliphatic carbocycles. The third kappa shape index (κ3) is 5.06. The molecule has 0 bridgehead atoms. The maximum Gasteiger partial charge on any atom is 0.243 e. The number of hydrogen-bond donors (Lipinski definition) is 3. The number of benzene rings is 2. The Morgan fingerprint density at radius 2 is 1.79 bits per heavy atom. The number of aryl methyl sites for hydroxylation is 3. The van der Waals surface area contributed by atoms with Gasteiger partial charge in [-0.05, 0) is 67.4 Å². The molecule has 0 heterocycles. The van der Waals surface area contributed by atoms with Crippen LogP contribution in [0.3, 0.4) is 0 Å². The highest BCUT2D eigenvalue weighted by atomic mass is 32.1. The number of carbonyl (C=O) groups excluding carboxylic acids is 1. The Hall–Kier alpha value is -2.40. The number of hydrogen-bond acceptors (Lipinski definition) is 2. The topological polar surface area (TPSA) is 53.2 Å². The Balaban J connectivity index is 1.84. The van der Waals surface area contributed by atoms with Gasteiger partial charge in [-0.2, -0.15) is 0 Å². The Bertz CT molecular complexity index is 743. The summed E-state index contributed by atoms with van der Waals surface area (Å²) in [5.74, 6) is -0.125. The van der Waals surface area contributed by atoms with Gasteiger partial charge in [-0.3, -0.25) is 4.79 Å². The molecule has 0 radical (unpaired) electrons. The van der Waals surface area contributed by atoms with Gasteiger partial charge >= 0.3 is 0 Å². The lowest BCUT2D eigenvalue weighted by Crippen LogP contribution is -2.35. The zero-order valence-corrected chi connectivity index (χ0v) is 15.1. The molecule has 0 saturated carbocycles. The largest absolute Gasteiger partial charge is 0.353 e. The van der Waals surface area contributed by atoms with E-state index in [9.17, 15) is 4.79 Å². The van der Waals surface area contributed by atoms with Crippen LogP contribution in [0.1, 0.15) is 23.6 Å². The second-order valence-electron chi connectivity index (χ2n) is 5.67. The molecule has 5 heteroatoms. The van der Waals surface area contributed by atoms with Crippen LogP contribution >= 0.6 is 12.2 Å². The predicted octanol–water partition coefficient (Wildman–Crippen LogP) is 3.79. The lowest BCUT2D eigenvalue weighted by Gasteiger charge is -2.13. The normalized spacial score (nSPS) is 10.1. The molecular formula is C19H23N3OS. The van der Waals surface area contributed by atoms with Crippen LogP contribution in [-0.4, -0.2) is 17.6 Å². The third-order valence-corrected chi connectivity index (χ3v) is 4.09. The maximum atomic E-state index is 12.1.